The summed E-state index contributed by atoms with van der Waals surface area (Å²) >= 11 is 5.89. The number of aliphatic hydroxyl groups is 4. The summed E-state index contributed by atoms with van der Waals surface area (Å²) in [7, 11) is 0. The quantitative estimate of drug-likeness (QED) is 0.268. The van der Waals surface area contributed by atoms with Crippen LogP contribution in [0.5, 0.6) is 11.5 Å². The molecule has 1 saturated heterocycles. The molecule has 0 radical (unpaired) electrons. The van der Waals surface area contributed by atoms with Gasteiger partial charge in [0.05, 0.1) is 12.8 Å². The van der Waals surface area contributed by atoms with Gasteiger partial charge in [-0.1, -0.05) is 11.6 Å². The van der Waals surface area contributed by atoms with Gasteiger partial charge in [0.15, 0.2) is 6.61 Å². The summed E-state index contributed by atoms with van der Waals surface area (Å²) in [5, 5.41) is 43.3. The number of rotatable bonds is 8. The Balaban J connectivity index is 1.48. The van der Waals surface area contributed by atoms with Gasteiger partial charge in [0.25, 0.3) is 5.91 Å². The zero-order valence-corrected chi connectivity index (χ0v) is 18.4. The number of aliphatic hydroxyl groups excluding tert-OH is 4. The average Bonchev–Trinajstić information content (AvgIpc) is 2.80. The van der Waals surface area contributed by atoms with Gasteiger partial charge in [-0.2, -0.15) is 5.10 Å². The summed E-state index contributed by atoms with van der Waals surface area (Å²) in [6, 6.07) is 11.5. The van der Waals surface area contributed by atoms with E-state index in [-0.39, 0.29) is 6.61 Å². The Morgan fingerprint density at radius 1 is 1.15 bits per heavy atom. The van der Waals surface area contributed by atoms with E-state index in [9.17, 15) is 25.2 Å². The SMILES string of the molecule is Cc1cc(Cl)ccc1OCC(=O)N/N=C\c1ccc(O[C@@H]2O[C@@H](CO)[C@H](O)[C@@H](O)[C@@H]2O)cc1. The number of ether oxygens (including phenoxy) is 3. The van der Waals surface area contributed by atoms with E-state index in [0.29, 0.717) is 22.1 Å². The van der Waals surface area contributed by atoms with Crippen LogP contribution in [0.4, 0.5) is 0 Å². The van der Waals surface area contributed by atoms with Gasteiger partial charge in [-0.3, -0.25) is 4.79 Å². The number of nitrogens with zero attached hydrogens (tertiary/aromatic N) is 1. The van der Waals surface area contributed by atoms with Gasteiger partial charge in [0.1, 0.15) is 35.9 Å². The molecule has 0 aliphatic carbocycles. The summed E-state index contributed by atoms with van der Waals surface area (Å²) in [6.07, 6.45) is -5.40. The molecule has 0 unspecified atom stereocenters. The van der Waals surface area contributed by atoms with Crippen LogP contribution in [-0.2, 0) is 9.53 Å². The molecule has 1 amide bonds. The fourth-order valence-corrected chi connectivity index (χ4v) is 3.29. The molecule has 1 aliphatic rings. The minimum Gasteiger partial charge on any atom is -0.483 e. The van der Waals surface area contributed by atoms with Gasteiger partial charge in [-0.25, -0.2) is 5.43 Å². The Kier molecular flexibility index (Phi) is 8.61. The predicted molar refractivity (Wildman–Crippen MR) is 118 cm³/mol. The molecule has 178 valence electrons. The minimum absolute atomic E-state index is 0.217. The lowest BCUT2D eigenvalue weighted by Crippen LogP contribution is -2.60. The lowest BCUT2D eigenvalue weighted by molar-refractivity contribution is -0.277. The average molecular weight is 481 g/mol. The maximum Gasteiger partial charge on any atom is 0.277 e. The molecule has 0 bridgehead atoms. The van der Waals surface area contributed by atoms with E-state index in [1.54, 1.807) is 42.5 Å². The van der Waals surface area contributed by atoms with Crippen LogP contribution in [0, 0.1) is 6.92 Å². The van der Waals surface area contributed by atoms with Crippen molar-refractivity contribution in [3.8, 4) is 11.5 Å². The van der Waals surface area contributed by atoms with Crippen molar-refractivity contribution in [1.82, 2.24) is 5.43 Å². The van der Waals surface area contributed by atoms with Gasteiger partial charge in [-0.05, 0) is 60.5 Å². The summed E-state index contributed by atoms with van der Waals surface area (Å²) in [4.78, 5) is 11.9. The van der Waals surface area contributed by atoms with Crippen LogP contribution in [0.3, 0.4) is 0 Å². The molecule has 0 spiro atoms. The van der Waals surface area contributed by atoms with E-state index >= 15 is 0 Å². The Hall–Kier alpha value is -2.73. The topological polar surface area (TPSA) is 150 Å². The number of hydrogen-bond donors (Lipinski definition) is 5. The van der Waals surface area contributed by atoms with Gasteiger partial charge >= 0.3 is 0 Å². The van der Waals surface area contributed by atoms with Gasteiger partial charge in [0.2, 0.25) is 6.29 Å². The van der Waals surface area contributed by atoms with Crippen molar-refractivity contribution in [1.29, 1.82) is 0 Å². The van der Waals surface area contributed by atoms with Crippen molar-refractivity contribution in [2.75, 3.05) is 13.2 Å². The number of halogens is 1. The molecular weight excluding hydrogens is 456 g/mol. The molecule has 2 aromatic carbocycles. The van der Waals surface area contributed by atoms with Crippen molar-refractivity contribution in [2.24, 2.45) is 5.10 Å². The molecule has 0 aromatic heterocycles. The maximum atomic E-state index is 11.9. The molecule has 5 atom stereocenters. The molecule has 3 rings (SSSR count). The number of nitrogens with one attached hydrogen (secondary N) is 1. The highest BCUT2D eigenvalue weighted by Crippen LogP contribution is 2.24. The van der Waals surface area contributed by atoms with E-state index in [1.807, 2.05) is 6.92 Å². The first-order chi connectivity index (χ1) is 15.8. The van der Waals surface area contributed by atoms with Crippen LogP contribution in [0.15, 0.2) is 47.6 Å². The van der Waals surface area contributed by atoms with Crippen LogP contribution in [-0.4, -0.2) is 76.5 Å². The highest BCUT2D eigenvalue weighted by atomic mass is 35.5. The molecule has 5 N–H and O–H groups in total. The second-order valence-electron chi connectivity index (χ2n) is 7.38. The lowest BCUT2D eigenvalue weighted by Gasteiger charge is -2.39. The number of amides is 1. The summed E-state index contributed by atoms with van der Waals surface area (Å²) in [5.74, 6) is 0.420. The zero-order valence-electron chi connectivity index (χ0n) is 17.7. The molecule has 10 nitrogen and oxygen atoms in total. The van der Waals surface area contributed by atoms with Crippen LogP contribution < -0.4 is 14.9 Å². The molecule has 1 fully saturated rings. The number of carbonyl (C=O) groups excluding carboxylic acids is 1. The third-order valence-corrected chi connectivity index (χ3v) is 5.11. The van der Waals surface area contributed by atoms with E-state index < -0.39 is 43.2 Å². The van der Waals surface area contributed by atoms with Crippen LogP contribution >= 0.6 is 11.6 Å². The molecule has 2 aromatic rings. The molecule has 33 heavy (non-hydrogen) atoms. The van der Waals surface area contributed by atoms with E-state index in [2.05, 4.69) is 10.5 Å². The fraction of sp³-hybridized carbons (Fsp3) is 0.364. The third-order valence-electron chi connectivity index (χ3n) is 4.88. The Bertz CT molecular complexity index is 969. The standard InChI is InChI=1S/C22H25ClN2O8/c1-12-8-14(23)4-7-16(12)31-11-18(27)25-24-9-13-2-5-15(6-3-13)32-22-21(30)20(29)19(28)17(10-26)33-22/h2-9,17,19-22,26,28-30H,10-11H2,1H3,(H,25,27)/b24-9-/t17-,19-,20+,21-,22+/m0/s1. The number of hydrazone groups is 1. The van der Waals surface area contributed by atoms with Crippen molar-refractivity contribution in [3.05, 3.63) is 58.6 Å². The molecule has 1 heterocycles. The van der Waals surface area contributed by atoms with Crippen LogP contribution in [0.25, 0.3) is 0 Å². The largest absolute Gasteiger partial charge is 0.483 e. The maximum absolute atomic E-state index is 11.9. The molecule has 0 saturated carbocycles. The lowest BCUT2D eigenvalue weighted by atomic mass is 9.99. The van der Waals surface area contributed by atoms with Gasteiger partial charge in [0, 0.05) is 5.02 Å². The summed E-state index contributed by atoms with van der Waals surface area (Å²) in [5.41, 5.74) is 3.81. The Morgan fingerprint density at radius 3 is 2.55 bits per heavy atom. The fourth-order valence-electron chi connectivity index (χ4n) is 3.06. The highest BCUT2D eigenvalue weighted by Gasteiger charge is 2.44. The molecule has 1 aliphatic heterocycles. The number of carbonyl (C=O) groups is 1. The Morgan fingerprint density at radius 2 is 1.88 bits per heavy atom. The first-order valence-corrected chi connectivity index (χ1v) is 10.4. The first-order valence-electron chi connectivity index (χ1n) is 10.1. The second-order valence-corrected chi connectivity index (χ2v) is 7.81. The van der Waals surface area contributed by atoms with Crippen LogP contribution in [0.2, 0.25) is 5.02 Å². The molecule has 11 heteroatoms. The number of benzene rings is 2. The van der Waals surface area contributed by atoms with E-state index in [4.69, 9.17) is 25.8 Å². The van der Waals surface area contributed by atoms with Gasteiger partial charge < -0.3 is 34.6 Å². The first kappa shape index (κ1) is 24.9. The number of aryl methyl sites for hydroxylation is 1. The summed E-state index contributed by atoms with van der Waals surface area (Å²) < 4.78 is 16.3. The normalized spacial score (nSPS) is 25.1. The zero-order chi connectivity index (χ0) is 24.0. The van der Waals surface area contributed by atoms with Crippen molar-refractivity contribution >= 4 is 23.7 Å². The van der Waals surface area contributed by atoms with E-state index in [1.165, 1.54) is 6.21 Å². The monoisotopic (exact) mass is 480 g/mol. The van der Waals surface area contributed by atoms with Crippen molar-refractivity contribution < 1.29 is 39.4 Å². The van der Waals surface area contributed by atoms with E-state index in [0.717, 1.165) is 5.56 Å². The van der Waals surface area contributed by atoms with Crippen LogP contribution in [0.1, 0.15) is 11.1 Å². The smallest absolute Gasteiger partial charge is 0.277 e. The summed E-state index contributed by atoms with van der Waals surface area (Å²) in [6.45, 7) is 1.06. The van der Waals surface area contributed by atoms with Gasteiger partial charge in [-0.15, -0.1) is 0 Å². The third kappa shape index (κ3) is 6.64. The Labute approximate surface area is 195 Å². The minimum atomic E-state index is -1.52. The van der Waals surface area contributed by atoms with Crippen molar-refractivity contribution in [3.63, 3.8) is 0 Å². The van der Waals surface area contributed by atoms with Crippen molar-refractivity contribution in [2.45, 2.75) is 37.6 Å². The number of hydrogen-bond acceptors (Lipinski definition) is 9. The molecular formula is C22H25ClN2O8. The predicted octanol–water partition coefficient (Wildman–Crippen LogP) is 0.356. The second kappa shape index (κ2) is 11.4. The highest BCUT2D eigenvalue weighted by molar-refractivity contribution is 6.30.